The van der Waals surface area contributed by atoms with E-state index in [9.17, 15) is 0 Å². The van der Waals surface area contributed by atoms with Crippen LogP contribution in [0.1, 0.15) is 5.01 Å². The van der Waals surface area contributed by atoms with Gasteiger partial charge in [-0.3, -0.25) is 0 Å². The lowest BCUT2D eigenvalue weighted by molar-refractivity contribution is -0.0986. The fraction of sp³-hybridized carbons (Fsp3) is 0.667. The molecule has 0 unspecified atom stereocenters. The van der Waals surface area contributed by atoms with Crippen LogP contribution in [0.2, 0.25) is 0 Å². The number of nitrogens with zero attached hydrogens (tertiary/aromatic N) is 1. The maximum atomic E-state index is 5.04. The first-order chi connectivity index (χ1) is 6.86. The first-order valence-corrected chi connectivity index (χ1v) is 5.39. The SMILES string of the molecule is COC(CNCCc1nccs1)OC. The fourth-order valence-corrected chi connectivity index (χ4v) is 1.67. The Morgan fingerprint density at radius 1 is 1.50 bits per heavy atom. The Labute approximate surface area is 88.3 Å². The molecule has 0 atom stereocenters. The van der Waals surface area contributed by atoms with Gasteiger partial charge in [-0.05, 0) is 0 Å². The molecule has 0 spiro atoms. The molecule has 0 aromatic carbocycles. The highest BCUT2D eigenvalue weighted by molar-refractivity contribution is 7.09. The van der Waals surface area contributed by atoms with Crippen molar-refractivity contribution in [3.63, 3.8) is 0 Å². The molecule has 0 saturated heterocycles. The van der Waals surface area contributed by atoms with Crippen LogP contribution in [0, 0.1) is 0 Å². The number of ether oxygens (including phenoxy) is 2. The average molecular weight is 216 g/mol. The minimum absolute atomic E-state index is 0.161. The highest BCUT2D eigenvalue weighted by atomic mass is 32.1. The zero-order valence-electron chi connectivity index (χ0n) is 8.53. The molecule has 1 aromatic heterocycles. The van der Waals surface area contributed by atoms with Crippen molar-refractivity contribution < 1.29 is 9.47 Å². The third-order valence-electron chi connectivity index (χ3n) is 1.84. The van der Waals surface area contributed by atoms with Gasteiger partial charge < -0.3 is 14.8 Å². The molecule has 0 aliphatic carbocycles. The van der Waals surface area contributed by atoms with Gasteiger partial charge in [-0.2, -0.15) is 0 Å². The van der Waals surface area contributed by atoms with Crippen LogP contribution in [-0.4, -0.2) is 38.6 Å². The van der Waals surface area contributed by atoms with Crippen molar-refractivity contribution in [3.05, 3.63) is 16.6 Å². The van der Waals surface area contributed by atoms with E-state index in [4.69, 9.17) is 9.47 Å². The van der Waals surface area contributed by atoms with Crippen LogP contribution in [0.3, 0.4) is 0 Å². The number of aromatic nitrogens is 1. The lowest BCUT2D eigenvalue weighted by atomic mass is 10.4. The molecular weight excluding hydrogens is 200 g/mol. The molecule has 0 aliphatic rings. The summed E-state index contributed by atoms with van der Waals surface area (Å²) in [7, 11) is 3.27. The summed E-state index contributed by atoms with van der Waals surface area (Å²) in [6.45, 7) is 1.61. The number of methoxy groups -OCH3 is 2. The molecule has 1 heterocycles. The van der Waals surface area contributed by atoms with Gasteiger partial charge in [-0.15, -0.1) is 11.3 Å². The molecule has 1 N–H and O–H groups in total. The molecule has 0 amide bonds. The van der Waals surface area contributed by atoms with Crippen LogP contribution in [0.15, 0.2) is 11.6 Å². The van der Waals surface area contributed by atoms with E-state index in [0.717, 1.165) is 18.0 Å². The Morgan fingerprint density at radius 3 is 2.86 bits per heavy atom. The van der Waals surface area contributed by atoms with Gasteiger partial charge in [-0.25, -0.2) is 4.98 Å². The lowest BCUT2D eigenvalue weighted by Crippen LogP contribution is -2.31. The minimum Gasteiger partial charge on any atom is -0.355 e. The summed E-state index contributed by atoms with van der Waals surface area (Å²) < 4.78 is 10.1. The van der Waals surface area contributed by atoms with Crippen molar-refractivity contribution in [3.8, 4) is 0 Å². The number of hydrogen-bond donors (Lipinski definition) is 1. The molecule has 0 saturated carbocycles. The topological polar surface area (TPSA) is 43.4 Å². The zero-order valence-corrected chi connectivity index (χ0v) is 9.34. The number of thiazole rings is 1. The van der Waals surface area contributed by atoms with Crippen LogP contribution >= 0.6 is 11.3 Å². The van der Waals surface area contributed by atoms with Gasteiger partial charge >= 0.3 is 0 Å². The Kier molecular flexibility index (Phi) is 5.70. The molecule has 1 aromatic rings. The summed E-state index contributed by atoms with van der Waals surface area (Å²) in [6, 6.07) is 0. The summed E-state index contributed by atoms with van der Waals surface area (Å²) in [5.41, 5.74) is 0. The Balaban J connectivity index is 2.04. The summed E-state index contributed by atoms with van der Waals surface area (Å²) in [5, 5.41) is 6.39. The quantitative estimate of drug-likeness (QED) is 0.543. The van der Waals surface area contributed by atoms with Gasteiger partial charge in [0.1, 0.15) is 0 Å². The fourth-order valence-electron chi connectivity index (χ4n) is 1.05. The van der Waals surface area contributed by atoms with Crippen molar-refractivity contribution in [1.82, 2.24) is 10.3 Å². The van der Waals surface area contributed by atoms with E-state index in [1.54, 1.807) is 25.6 Å². The Hall–Kier alpha value is -0.490. The normalized spacial score (nSPS) is 11.1. The van der Waals surface area contributed by atoms with Crippen LogP contribution in [0.5, 0.6) is 0 Å². The maximum absolute atomic E-state index is 5.04. The molecule has 4 nitrogen and oxygen atoms in total. The van der Waals surface area contributed by atoms with Crippen LogP contribution in [0.4, 0.5) is 0 Å². The second kappa shape index (κ2) is 6.89. The zero-order chi connectivity index (χ0) is 10.2. The van der Waals surface area contributed by atoms with E-state index in [2.05, 4.69) is 10.3 Å². The van der Waals surface area contributed by atoms with E-state index in [1.165, 1.54) is 0 Å². The van der Waals surface area contributed by atoms with Crippen molar-refractivity contribution in [2.45, 2.75) is 12.7 Å². The van der Waals surface area contributed by atoms with Crippen molar-refractivity contribution in [2.75, 3.05) is 27.3 Å². The third kappa shape index (κ3) is 4.15. The second-order valence-electron chi connectivity index (χ2n) is 2.78. The summed E-state index contributed by atoms with van der Waals surface area (Å²) in [5.74, 6) is 0. The summed E-state index contributed by atoms with van der Waals surface area (Å²) in [4.78, 5) is 4.19. The van der Waals surface area contributed by atoms with E-state index in [1.807, 2.05) is 11.6 Å². The molecular formula is C9H16N2O2S. The predicted octanol–water partition coefficient (Wildman–Crippen LogP) is 0.894. The highest BCUT2D eigenvalue weighted by Gasteiger charge is 2.03. The Bertz CT molecular complexity index is 225. The van der Waals surface area contributed by atoms with Gasteiger partial charge in [0.15, 0.2) is 6.29 Å². The first-order valence-electron chi connectivity index (χ1n) is 4.51. The van der Waals surface area contributed by atoms with Crippen molar-refractivity contribution in [2.24, 2.45) is 0 Å². The van der Waals surface area contributed by atoms with Gasteiger partial charge in [-0.1, -0.05) is 0 Å². The predicted molar refractivity (Wildman–Crippen MR) is 56.5 cm³/mol. The largest absolute Gasteiger partial charge is 0.355 e. The molecule has 0 fully saturated rings. The van der Waals surface area contributed by atoms with Crippen LogP contribution < -0.4 is 5.32 Å². The summed E-state index contributed by atoms with van der Waals surface area (Å²) >= 11 is 1.68. The van der Waals surface area contributed by atoms with Crippen molar-refractivity contribution >= 4 is 11.3 Å². The smallest absolute Gasteiger partial charge is 0.169 e. The monoisotopic (exact) mass is 216 g/mol. The number of nitrogens with one attached hydrogen (secondary N) is 1. The Morgan fingerprint density at radius 2 is 2.29 bits per heavy atom. The average Bonchev–Trinajstić information content (AvgIpc) is 2.71. The lowest BCUT2D eigenvalue weighted by Gasteiger charge is -2.13. The van der Waals surface area contributed by atoms with E-state index < -0.39 is 0 Å². The van der Waals surface area contributed by atoms with E-state index in [0.29, 0.717) is 6.54 Å². The van der Waals surface area contributed by atoms with Gasteiger partial charge in [0, 0.05) is 45.3 Å². The number of hydrogen-bond acceptors (Lipinski definition) is 5. The molecule has 5 heteroatoms. The standard InChI is InChI=1S/C9H16N2O2S/c1-12-9(13-2)7-10-4-3-8-11-5-6-14-8/h5-6,9-10H,3-4,7H2,1-2H3. The van der Waals surface area contributed by atoms with E-state index >= 15 is 0 Å². The second-order valence-corrected chi connectivity index (χ2v) is 3.76. The van der Waals surface area contributed by atoms with Gasteiger partial charge in [0.05, 0.1) is 5.01 Å². The van der Waals surface area contributed by atoms with Crippen LogP contribution in [0.25, 0.3) is 0 Å². The third-order valence-corrected chi connectivity index (χ3v) is 2.68. The molecule has 14 heavy (non-hydrogen) atoms. The minimum atomic E-state index is -0.161. The highest BCUT2D eigenvalue weighted by Crippen LogP contribution is 2.03. The van der Waals surface area contributed by atoms with Gasteiger partial charge in [0.25, 0.3) is 0 Å². The van der Waals surface area contributed by atoms with E-state index in [-0.39, 0.29) is 6.29 Å². The van der Waals surface area contributed by atoms with Crippen molar-refractivity contribution in [1.29, 1.82) is 0 Å². The molecule has 0 bridgehead atoms. The summed E-state index contributed by atoms with van der Waals surface area (Å²) in [6.07, 6.45) is 2.62. The maximum Gasteiger partial charge on any atom is 0.169 e. The molecule has 1 rings (SSSR count). The van der Waals surface area contributed by atoms with Gasteiger partial charge in [0.2, 0.25) is 0 Å². The number of rotatable bonds is 7. The molecule has 80 valence electrons. The van der Waals surface area contributed by atoms with Crippen LogP contribution in [-0.2, 0) is 15.9 Å². The molecule has 0 radical (unpaired) electrons. The first kappa shape index (κ1) is 11.6. The molecule has 0 aliphatic heterocycles.